The van der Waals surface area contributed by atoms with Crippen LogP contribution in [-0.4, -0.2) is 22.8 Å². The van der Waals surface area contributed by atoms with Gasteiger partial charge in [-0.15, -0.1) is 5.10 Å². The second kappa shape index (κ2) is 8.23. The summed E-state index contributed by atoms with van der Waals surface area (Å²) in [5.41, 5.74) is 0.968. The first-order valence-electron chi connectivity index (χ1n) is 9.21. The molecule has 0 unspecified atom stereocenters. The van der Waals surface area contributed by atoms with Crippen molar-refractivity contribution in [1.29, 1.82) is 0 Å². The molecular weight excluding hydrogens is 427 g/mol. The van der Waals surface area contributed by atoms with Crippen LogP contribution >= 0.6 is 11.6 Å². The minimum Gasteiger partial charge on any atom is -0.455 e. The monoisotopic (exact) mass is 442 g/mol. The van der Waals surface area contributed by atoms with Gasteiger partial charge in [0.1, 0.15) is 17.3 Å². The van der Waals surface area contributed by atoms with E-state index in [0.717, 1.165) is 5.01 Å². The van der Waals surface area contributed by atoms with Gasteiger partial charge < -0.3 is 13.9 Å². The number of ether oxygens (including phenoxy) is 2. The molecule has 2 aromatic carbocycles. The van der Waals surface area contributed by atoms with E-state index in [1.165, 1.54) is 38.1 Å². The summed E-state index contributed by atoms with van der Waals surface area (Å²) in [6.45, 7) is 2.60. The molecule has 9 heteroatoms. The molecule has 1 aromatic heterocycles. The van der Waals surface area contributed by atoms with Crippen LogP contribution in [0.5, 0.6) is 5.75 Å². The standard InChI is InChI=1S/C22H16ClFN2O5/c1-12(27)26-22(20-10-9-18(30-20)14-3-6-16(24)7-4-14)31-21(25-26)17-11-15(23)5-8-19(17)29-13(2)28/h3-11,22H,1-2H3/t22-/m1/s1. The molecule has 31 heavy (non-hydrogen) atoms. The van der Waals surface area contributed by atoms with E-state index in [1.54, 1.807) is 30.3 Å². The number of hydrogen-bond acceptors (Lipinski definition) is 6. The van der Waals surface area contributed by atoms with E-state index in [9.17, 15) is 14.0 Å². The zero-order chi connectivity index (χ0) is 22.1. The Balaban J connectivity index is 1.67. The molecule has 158 valence electrons. The first kappa shape index (κ1) is 20.6. The van der Waals surface area contributed by atoms with E-state index >= 15 is 0 Å². The molecule has 0 N–H and O–H groups in total. The van der Waals surface area contributed by atoms with Crippen molar-refractivity contribution < 1.29 is 27.9 Å². The number of benzene rings is 2. The fourth-order valence-corrected chi connectivity index (χ4v) is 3.20. The maximum Gasteiger partial charge on any atom is 0.308 e. The Morgan fingerprint density at radius 2 is 1.84 bits per heavy atom. The maximum absolute atomic E-state index is 13.2. The number of amides is 1. The predicted molar refractivity (Wildman–Crippen MR) is 110 cm³/mol. The minimum atomic E-state index is -0.981. The molecule has 3 aromatic rings. The van der Waals surface area contributed by atoms with Gasteiger partial charge in [-0.3, -0.25) is 9.59 Å². The number of furan rings is 1. The molecule has 4 rings (SSSR count). The van der Waals surface area contributed by atoms with Crippen molar-refractivity contribution in [3.8, 4) is 17.1 Å². The van der Waals surface area contributed by atoms with Crippen LogP contribution < -0.4 is 4.74 Å². The van der Waals surface area contributed by atoms with E-state index < -0.39 is 18.1 Å². The third-order valence-corrected chi connectivity index (χ3v) is 4.63. The van der Waals surface area contributed by atoms with Crippen LogP contribution in [0.4, 0.5) is 4.39 Å². The van der Waals surface area contributed by atoms with Gasteiger partial charge in [0.15, 0.2) is 5.76 Å². The van der Waals surface area contributed by atoms with Crippen LogP contribution in [0.25, 0.3) is 11.3 Å². The number of carbonyl (C=O) groups is 2. The van der Waals surface area contributed by atoms with Gasteiger partial charge in [-0.25, -0.2) is 4.39 Å². The van der Waals surface area contributed by atoms with Crippen LogP contribution in [0, 0.1) is 5.82 Å². The average molecular weight is 443 g/mol. The van der Waals surface area contributed by atoms with Gasteiger partial charge in [0.2, 0.25) is 11.8 Å². The van der Waals surface area contributed by atoms with Gasteiger partial charge in [-0.2, -0.15) is 5.01 Å². The van der Waals surface area contributed by atoms with Crippen LogP contribution in [0.3, 0.4) is 0 Å². The molecule has 1 aliphatic rings. The van der Waals surface area contributed by atoms with Crippen LogP contribution in [0.1, 0.15) is 31.4 Å². The molecule has 1 amide bonds. The summed E-state index contributed by atoms with van der Waals surface area (Å²) in [5.74, 6) is -0.276. The summed E-state index contributed by atoms with van der Waals surface area (Å²) in [5, 5.41) is 5.72. The SMILES string of the molecule is CC(=O)Oc1ccc(Cl)cc1C1=NN(C(C)=O)[C@@H](c2ccc(-c3ccc(F)cc3)o2)O1. The summed E-state index contributed by atoms with van der Waals surface area (Å²) < 4.78 is 30.1. The van der Waals surface area contributed by atoms with Crippen LogP contribution in [-0.2, 0) is 14.3 Å². The Morgan fingerprint density at radius 1 is 1.10 bits per heavy atom. The summed E-state index contributed by atoms with van der Waals surface area (Å²) >= 11 is 6.09. The molecule has 0 fully saturated rings. The largest absolute Gasteiger partial charge is 0.455 e. The molecule has 0 bridgehead atoms. The second-order valence-corrected chi connectivity index (χ2v) is 7.12. The van der Waals surface area contributed by atoms with E-state index in [-0.39, 0.29) is 17.5 Å². The maximum atomic E-state index is 13.2. The smallest absolute Gasteiger partial charge is 0.308 e. The van der Waals surface area contributed by atoms with Crippen molar-refractivity contribution in [2.45, 2.75) is 20.1 Å². The van der Waals surface area contributed by atoms with Crippen molar-refractivity contribution in [3.63, 3.8) is 0 Å². The zero-order valence-corrected chi connectivity index (χ0v) is 17.2. The lowest BCUT2D eigenvalue weighted by atomic mass is 10.2. The first-order valence-corrected chi connectivity index (χ1v) is 9.58. The number of hydrazone groups is 1. The van der Waals surface area contributed by atoms with Gasteiger partial charge in [-0.1, -0.05) is 11.6 Å². The molecule has 7 nitrogen and oxygen atoms in total. The van der Waals surface area contributed by atoms with Crippen molar-refractivity contribution in [1.82, 2.24) is 5.01 Å². The van der Waals surface area contributed by atoms with E-state index in [1.807, 2.05) is 0 Å². The third-order valence-electron chi connectivity index (χ3n) is 4.39. The molecule has 0 radical (unpaired) electrons. The number of halogens is 2. The van der Waals surface area contributed by atoms with Gasteiger partial charge in [0.05, 0.1) is 5.56 Å². The highest BCUT2D eigenvalue weighted by Gasteiger charge is 2.36. The van der Waals surface area contributed by atoms with Crippen molar-refractivity contribution in [2.24, 2.45) is 5.10 Å². The lowest BCUT2D eigenvalue weighted by Crippen LogP contribution is -2.24. The molecule has 0 aliphatic carbocycles. The van der Waals surface area contributed by atoms with E-state index in [0.29, 0.717) is 27.7 Å². The zero-order valence-electron chi connectivity index (χ0n) is 16.5. The number of nitrogens with zero attached hydrogens (tertiary/aromatic N) is 2. The predicted octanol–water partition coefficient (Wildman–Crippen LogP) is 4.90. The molecule has 1 atom stereocenters. The van der Waals surface area contributed by atoms with E-state index in [2.05, 4.69) is 5.10 Å². The summed E-state index contributed by atoms with van der Waals surface area (Å²) in [7, 11) is 0. The Labute approximate surface area is 181 Å². The van der Waals surface area contributed by atoms with Crippen molar-refractivity contribution >= 4 is 29.4 Å². The lowest BCUT2D eigenvalue weighted by Gasteiger charge is -2.16. The third kappa shape index (κ3) is 4.29. The normalized spacial score (nSPS) is 15.4. The van der Waals surface area contributed by atoms with Crippen LogP contribution in [0.2, 0.25) is 5.02 Å². The highest BCUT2D eigenvalue weighted by molar-refractivity contribution is 6.31. The number of esters is 1. The number of hydrogen-bond donors (Lipinski definition) is 0. The second-order valence-electron chi connectivity index (χ2n) is 6.68. The molecule has 2 heterocycles. The Hall–Kier alpha value is -3.65. The van der Waals surface area contributed by atoms with Crippen LogP contribution in [0.15, 0.2) is 64.1 Å². The van der Waals surface area contributed by atoms with Crippen molar-refractivity contribution in [2.75, 3.05) is 0 Å². The van der Waals surface area contributed by atoms with E-state index in [4.69, 9.17) is 25.5 Å². The molecule has 0 saturated heterocycles. The number of rotatable bonds is 4. The molecule has 0 spiro atoms. The number of carbonyl (C=O) groups excluding carboxylic acids is 2. The minimum absolute atomic E-state index is 0.0404. The average Bonchev–Trinajstić information content (AvgIpc) is 3.37. The van der Waals surface area contributed by atoms with Gasteiger partial charge >= 0.3 is 5.97 Å². The topological polar surface area (TPSA) is 81.3 Å². The summed E-state index contributed by atoms with van der Waals surface area (Å²) in [4.78, 5) is 23.6. The molecule has 0 saturated carbocycles. The van der Waals surface area contributed by atoms with Gasteiger partial charge in [0, 0.05) is 24.4 Å². The summed E-state index contributed by atoms with van der Waals surface area (Å²) in [6, 6.07) is 13.7. The Bertz CT molecular complexity index is 1190. The highest BCUT2D eigenvalue weighted by atomic mass is 35.5. The van der Waals surface area contributed by atoms with Crippen molar-refractivity contribution in [3.05, 3.63) is 76.8 Å². The van der Waals surface area contributed by atoms with Gasteiger partial charge in [0.25, 0.3) is 6.23 Å². The summed E-state index contributed by atoms with van der Waals surface area (Å²) in [6.07, 6.45) is -0.981. The Kier molecular flexibility index (Phi) is 5.48. The van der Waals surface area contributed by atoms with Gasteiger partial charge in [-0.05, 0) is 54.6 Å². The fraction of sp³-hybridized carbons (Fsp3) is 0.136. The molecule has 1 aliphatic heterocycles. The lowest BCUT2D eigenvalue weighted by molar-refractivity contribution is -0.136. The quantitative estimate of drug-likeness (QED) is 0.424. The highest BCUT2D eigenvalue weighted by Crippen LogP contribution is 2.36. The Morgan fingerprint density at radius 3 is 2.52 bits per heavy atom. The first-order chi connectivity index (χ1) is 14.8. The fourth-order valence-electron chi connectivity index (χ4n) is 3.03. The molecular formula is C22H16ClFN2O5.